The zero-order valence-electron chi connectivity index (χ0n) is 14.5. The number of para-hydroxylation sites is 1. The summed E-state index contributed by atoms with van der Waals surface area (Å²) in [5.74, 6) is -0.0279. The Morgan fingerprint density at radius 2 is 1.92 bits per heavy atom. The van der Waals surface area contributed by atoms with E-state index in [0.717, 1.165) is 31.9 Å². The number of halogens is 1. The summed E-state index contributed by atoms with van der Waals surface area (Å²) in [4.78, 5) is 21.7. The first-order valence-electron chi connectivity index (χ1n) is 8.04. The summed E-state index contributed by atoms with van der Waals surface area (Å²) in [5.41, 5.74) is 2.76. The lowest BCUT2D eigenvalue weighted by molar-refractivity contribution is 0.0985. The second-order valence-corrected chi connectivity index (χ2v) is 8.11. The van der Waals surface area contributed by atoms with E-state index in [4.69, 9.17) is 4.98 Å². The van der Waals surface area contributed by atoms with E-state index >= 15 is 0 Å². The fourth-order valence-electron chi connectivity index (χ4n) is 2.55. The Hall–Kier alpha value is -1.76. The Labute approximate surface area is 160 Å². The molecule has 130 valence electrons. The molecule has 0 bridgehead atoms. The summed E-state index contributed by atoms with van der Waals surface area (Å²) in [6.07, 6.45) is 0. The maximum atomic E-state index is 13.1. The number of benzene rings is 2. The molecule has 0 aliphatic heterocycles. The summed E-state index contributed by atoms with van der Waals surface area (Å²) in [7, 11) is 4.01. The molecule has 0 unspecified atom stereocenters. The van der Waals surface area contributed by atoms with E-state index in [1.165, 1.54) is 0 Å². The van der Waals surface area contributed by atoms with Crippen LogP contribution in [0.2, 0.25) is 0 Å². The van der Waals surface area contributed by atoms with Crippen molar-refractivity contribution in [2.24, 2.45) is 0 Å². The van der Waals surface area contributed by atoms with Gasteiger partial charge in [0.1, 0.15) is 0 Å². The number of anilines is 1. The predicted molar refractivity (Wildman–Crippen MR) is 109 cm³/mol. The second-order valence-electron chi connectivity index (χ2n) is 6.19. The van der Waals surface area contributed by atoms with Crippen molar-refractivity contribution in [1.82, 2.24) is 9.88 Å². The molecule has 2 aromatic carbocycles. The molecule has 25 heavy (non-hydrogen) atoms. The lowest BCUT2D eigenvalue weighted by Gasteiger charge is -2.22. The number of amides is 1. The molecule has 0 atom stereocenters. The minimum absolute atomic E-state index is 0.0279. The Kier molecular flexibility index (Phi) is 5.51. The molecule has 0 saturated heterocycles. The van der Waals surface area contributed by atoms with Crippen LogP contribution in [-0.4, -0.2) is 43.0 Å². The highest BCUT2D eigenvalue weighted by molar-refractivity contribution is 9.10. The van der Waals surface area contributed by atoms with Gasteiger partial charge in [-0.3, -0.25) is 9.69 Å². The largest absolute Gasteiger partial charge is 0.308 e. The highest BCUT2D eigenvalue weighted by atomic mass is 79.9. The van der Waals surface area contributed by atoms with Crippen molar-refractivity contribution in [2.45, 2.75) is 6.92 Å². The zero-order chi connectivity index (χ0) is 18.0. The fourth-order valence-corrected chi connectivity index (χ4v) is 4.02. The summed E-state index contributed by atoms with van der Waals surface area (Å²) in [6.45, 7) is 3.41. The topological polar surface area (TPSA) is 36.4 Å². The van der Waals surface area contributed by atoms with E-state index < -0.39 is 0 Å². The van der Waals surface area contributed by atoms with Gasteiger partial charge in [-0.2, -0.15) is 0 Å². The van der Waals surface area contributed by atoms with Crippen molar-refractivity contribution in [2.75, 3.05) is 32.1 Å². The van der Waals surface area contributed by atoms with Crippen molar-refractivity contribution in [3.05, 3.63) is 58.1 Å². The van der Waals surface area contributed by atoms with Gasteiger partial charge in [-0.15, -0.1) is 0 Å². The van der Waals surface area contributed by atoms with Crippen molar-refractivity contribution < 1.29 is 4.79 Å². The lowest BCUT2D eigenvalue weighted by Crippen LogP contribution is -2.36. The molecule has 1 heterocycles. The van der Waals surface area contributed by atoms with Crippen LogP contribution in [0.4, 0.5) is 5.13 Å². The Balaban J connectivity index is 2.01. The van der Waals surface area contributed by atoms with Gasteiger partial charge in [-0.25, -0.2) is 4.98 Å². The van der Waals surface area contributed by atoms with E-state index in [-0.39, 0.29) is 5.91 Å². The minimum Gasteiger partial charge on any atom is -0.308 e. The van der Waals surface area contributed by atoms with Gasteiger partial charge >= 0.3 is 0 Å². The van der Waals surface area contributed by atoms with E-state index in [2.05, 4.69) is 26.9 Å². The molecule has 6 heteroatoms. The predicted octanol–water partition coefficient (Wildman–Crippen LogP) is 4.58. The van der Waals surface area contributed by atoms with Crippen molar-refractivity contribution >= 4 is 48.5 Å². The first-order valence-corrected chi connectivity index (χ1v) is 9.65. The number of hydrogen-bond acceptors (Lipinski definition) is 4. The Morgan fingerprint density at radius 1 is 1.16 bits per heavy atom. The van der Waals surface area contributed by atoms with Gasteiger partial charge in [-0.1, -0.05) is 45.5 Å². The van der Waals surface area contributed by atoms with Gasteiger partial charge in [-0.05, 0) is 50.8 Å². The van der Waals surface area contributed by atoms with Crippen LogP contribution in [0.1, 0.15) is 15.9 Å². The van der Waals surface area contributed by atoms with Crippen LogP contribution < -0.4 is 4.90 Å². The van der Waals surface area contributed by atoms with E-state index in [1.54, 1.807) is 16.2 Å². The first kappa shape index (κ1) is 18.0. The second kappa shape index (κ2) is 7.64. The van der Waals surface area contributed by atoms with Crippen LogP contribution in [0, 0.1) is 6.92 Å². The maximum Gasteiger partial charge on any atom is 0.260 e. The number of hydrogen-bond donors (Lipinski definition) is 0. The fraction of sp³-hybridized carbons (Fsp3) is 0.263. The van der Waals surface area contributed by atoms with E-state index in [1.807, 2.05) is 57.4 Å². The van der Waals surface area contributed by atoms with Gasteiger partial charge in [0.05, 0.1) is 10.2 Å². The number of likely N-dealkylation sites (N-methyl/N-ethyl adjacent to an activating group) is 1. The molecule has 0 fully saturated rings. The first-order chi connectivity index (χ1) is 12.0. The summed E-state index contributed by atoms with van der Waals surface area (Å²) < 4.78 is 2.00. The Morgan fingerprint density at radius 3 is 2.60 bits per heavy atom. The molecular formula is C19H20BrN3OS. The average Bonchev–Trinajstić information content (AvgIpc) is 3.00. The van der Waals surface area contributed by atoms with E-state index in [0.29, 0.717) is 12.1 Å². The van der Waals surface area contributed by atoms with Crippen molar-refractivity contribution in [1.29, 1.82) is 0 Å². The number of aryl methyl sites for hydroxylation is 1. The molecule has 0 N–H and O–H groups in total. The third-order valence-electron chi connectivity index (χ3n) is 3.93. The number of carbonyl (C=O) groups excluding carboxylic acids is 1. The molecule has 4 nitrogen and oxygen atoms in total. The molecule has 0 aliphatic carbocycles. The van der Waals surface area contributed by atoms with Crippen LogP contribution >= 0.6 is 27.3 Å². The van der Waals surface area contributed by atoms with Gasteiger partial charge in [0.15, 0.2) is 5.13 Å². The third kappa shape index (κ3) is 4.08. The SMILES string of the molecule is Cc1cccc2sc(N(CCN(C)C)C(=O)c3cccc(Br)c3)nc12. The molecule has 3 aromatic rings. The lowest BCUT2D eigenvalue weighted by atomic mass is 10.2. The minimum atomic E-state index is -0.0279. The zero-order valence-corrected chi connectivity index (χ0v) is 16.9. The van der Waals surface area contributed by atoms with E-state index in [9.17, 15) is 4.79 Å². The quantitative estimate of drug-likeness (QED) is 0.609. The maximum absolute atomic E-state index is 13.1. The van der Waals surface area contributed by atoms with Crippen LogP contribution in [0.25, 0.3) is 10.2 Å². The average molecular weight is 418 g/mol. The molecule has 3 rings (SSSR count). The molecule has 0 aliphatic rings. The molecule has 0 saturated carbocycles. The molecule has 1 aromatic heterocycles. The Bertz CT molecular complexity index is 907. The number of nitrogens with zero attached hydrogens (tertiary/aromatic N) is 3. The standard InChI is InChI=1S/C19H20BrN3OS/c1-13-6-4-9-16-17(13)21-19(25-16)23(11-10-22(2)3)18(24)14-7-5-8-15(20)12-14/h4-9,12H,10-11H2,1-3H3. The van der Waals surface area contributed by atoms with Gasteiger partial charge in [0.2, 0.25) is 0 Å². The highest BCUT2D eigenvalue weighted by Crippen LogP contribution is 2.31. The molecule has 1 amide bonds. The molecule has 0 spiro atoms. The van der Waals surface area contributed by atoms with Gasteiger partial charge in [0.25, 0.3) is 5.91 Å². The van der Waals surface area contributed by atoms with Gasteiger partial charge in [0, 0.05) is 23.1 Å². The number of rotatable bonds is 5. The highest BCUT2D eigenvalue weighted by Gasteiger charge is 2.21. The third-order valence-corrected chi connectivity index (χ3v) is 5.46. The van der Waals surface area contributed by atoms with Crippen LogP contribution in [0.3, 0.4) is 0 Å². The molecular weight excluding hydrogens is 398 g/mol. The molecule has 0 radical (unpaired) electrons. The number of thiazole rings is 1. The van der Waals surface area contributed by atoms with Crippen molar-refractivity contribution in [3.63, 3.8) is 0 Å². The normalized spacial score (nSPS) is 11.2. The number of aromatic nitrogens is 1. The summed E-state index contributed by atoms with van der Waals surface area (Å²) >= 11 is 5.01. The number of fused-ring (bicyclic) bond motifs is 1. The monoisotopic (exact) mass is 417 g/mol. The van der Waals surface area contributed by atoms with Crippen LogP contribution in [0.5, 0.6) is 0 Å². The number of carbonyl (C=O) groups is 1. The van der Waals surface area contributed by atoms with Gasteiger partial charge < -0.3 is 4.90 Å². The van der Waals surface area contributed by atoms with Crippen LogP contribution in [0.15, 0.2) is 46.9 Å². The smallest absolute Gasteiger partial charge is 0.260 e. The summed E-state index contributed by atoms with van der Waals surface area (Å²) in [5, 5.41) is 0.746. The van der Waals surface area contributed by atoms with Crippen molar-refractivity contribution in [3.8, 4) is 0 Å². The summed E-state index contributed by atoms with van der Waals surface area (Å²) in [6, 6.07) is 13.6. The van der Waals surface area contributed by atoms with Crippen LogP contribution in [-0.2, 0) is 0 Å².